The van der Waals surface area contributed by atoms with Gasteiger partial charge in [0, 0.05) is 5.57 Å². The SMILES string of the molecule is C=C(C)C(=O)OC.C[SiH2]O[SiH3]. The van der Waals surface area contributed by atoms with Gasteiger partial charge in [0.05, 0.1) is 7.11 Å². The molecule has 0 bridgehead atoms. The molecule has 0 amide bonds. The monoisotopic (exact) mass is 192 g/mol. The largest absolute Gasteiger partial charge is 0.468 e. The maximum absolute atomic E-state index is 10.2. The normalized spacial score (nSPS) is 9.00. The zero-order chi connectivity index (χ0) is 9.28. The smallest absolute Gasteiger partial charge is 0.332 e. The van der Waals surface area contributed by atoms with Crippen LogP contribution in [-0.2, 0) is 13.6 Å². The molecule has 0 aromatic rings. The topological polar surface area (TPSA) is 35.5 Å². The second kappa shape index (κ2) is 9.60. The second-order valence-corrected chi connectivity index (χ2v) is 4.74. The van der Waals surface area contributed by atoms with Crippen molar-refractivity contribution in [2.75, 3.05) is 7.11 Å². The number of rotatable bonds is 2. The molecule has 0 heterocycles. The lowest BCUT2D eigenvalue weighted by Crippen LogP contribution is -1.98. The van der Waals surface area contributed by atoms with Crippen molar-refractivity contribution in [1.29, 1.82) is 0 Å². The third-order valence-electron chi connectivity index (χ3n) is 0.823. The molecule has 3 nitrogen and oxygen atoms in total. The number of hydrogen-bond donors (Lipinski definition) is 0. The van der Waals surface area contributed by atoms with Crippen LogP contribution in [0.4, 0.5) is 0 Å². The molecule has 0 aliphatic heterocycles. The van der Waals surface area contributed by atoms with E-state index in [-0.39, 0.29) is 15.7 Å². The fraction of sp³-hybridized carbons (Fsp3) is 0.500. The van der Waals surface area contributed by atoms with Crippen molar-refractivity contribution in [1.82, 2.24) is 0 Å². The van der Waals surface area contributed by atoms with E-state index in [0.29, 0.717) is 5.57 Å². The van der Waals surface area contributed by atoms with Crippen LogP contribution in [0.3, 0.4) is 0 Å². The van der Waals surface area contributed by atoms with Crippen LogP contribution in [0.1, 0.15) is 6.92 Å². The van der Waals surface area contributed by atoms with Crippen LogP contribution < -0.4 is 0 Å². The van der Waals surface area contributed by atoms with Gasteiger partial charge in [-0.1, -0.05) is 13.1 Å². The number of ether oxygens (including phenoxy) is 1. The maximum atomic E-state index is 10.2. The lowest BCUT2D eigenvalue weighted by molar-refractivity contribution is -0.136. The van der Waals surface area contributed by atoms with E-state index in [1.165, 1.54) is 7.11 Å². The van der Waals surface area contributed by atoms with Crippen LogP contribution in [0.15, 0.2) is 12.2 Å². The number of hydrogen-bond acceptors (Lipinski definition) is 3. The van der Waals surface area contributed by atoms with Crippen LogP contribution in [0, 0.1) is 0 Å². The highest BCUT2D eigenvalue weighted by Gasteiger charge is 1.95. The molecule has 0 N–H and O–H groups in total. The van der Waals surface area contributed by atoms with Gasteiger partial charge in [-0.3, -0.25) is 0 Å². The molecular formula is C6H16O3Si2. The van der Waals surface area contributed by atoms with Crippen LogP contribution >= 0.6 is 0 Å². The summed E-state index contributed by atoms with van der Waals surface area (Å²) in [6.45, 7) is 7.09. The molecule has 0 unspecified atom stereocenters. The first-order chi connectivity index (χ1) is 5.09. The number of methoxy groups -OCH3 is 1. The molecule has 0 atom stereocenters. The van der Waals surface area contributed by atoms with Gasteiger partial charge in [0.25, 0.3) is 0 Å². The van der Waals surface area contributed by atoms with E-state index in [0.717, 1.165) is 10.5 Å². The van der Waals surface area contributed by atoms with Gasteiger partial charge in [-0.25, -0.2) is 4.79 Å². The van der Waals surface area contributed by atoms with Crippen molar-refractivity contribution in [2.24, 2.45) is 0 Å². The minimum absolute atomic E-state index is 0.0139. The summed E-state index contributed by atoms with van der Waals surface area (Å²) in [6, 6.07) is 0. The average Bonchev–Trinajstić information content (AvgIpc) is 2.03. The summed E-state index contributed by atoms with van der Waals surface area (Å²) in [7, 11) is 2.27. The highest BCUT2D eigenvalue weighted by atomic mass is 28.3. The van der Waals surface area contributed by atoms with Gasteiger partial charge in [0.2, 0.25) is 0 Å². The fourth-order valence-corrected chi connectivity index (χ4v) is 0.174. The predicted molar refractivity (Wildman–Crippen MR) is 52.3 cm³/mol. The number of esters is 1. The van der Waals surface area contributed by atoms with Crippen LogP contribution in [-0.4, -0.2) is 33.3 Å². The molecule has 66 valence electrons. The highest BCUT2D eigenvalue weighted by Crippen LogP contribution is 1.87. The molecule has 0 aliphatic rings. The van der Waals surface area contributed by atoms with Gasteiger partial charge in [-0.15, -0.1) is 0 Å². The summed E-state index contributed by atoms with van der Waals surface area (Å²) in [5.74, 6) is -0.347. The van der Waals surface area contributed by atoms with Crippen molar-refractivity contribution >= 4 is 26.2 Å². The second-order valence-electron chi connectivity index (χ2n) is 1.85. The van der Waals surface area contributed by atoms with Crippen molar-refractivity contribution in [3.8, 4) is 0 Å². The first-order valence-electron chi connectivity index (χ1n) is 3.32. The molecule has 0 aliphatic carbocycles. The summed E-state index contributed by atoms with van der Waals surface area (Å²) in [5.41, 5.74) is 0.433. The van der Waals surface area contributed by atoms with E-state index in [1.54, 1.807) is 6.92 Å². The molecule has 0 rings (SSSR count). The van der Waals surface area contributed by atoms with Gasteiger partial charge in [-0.2, -0.15) is 0 Å². The Labute approximate surface area is 73.3 Å². The molecule has 0 spiro atoms. The summed E-state index contributed by atoms with van der Waals surface area (Å²) in [4.78, 5) is 10.2. The van der Waals surface area contributed by atoms with Gasteiger partial charge in [0.1, 0.15) is 20.2 Å². The first-order valence-corrected chi connectivity index (χ1v) is 6.13. The highest BCUT2D eigenvalue weighted by molar-refractivity contribution is 6.32. The van der Waals surface area contributed by atoms with Crippen LogP contribution in [0.5, 0.6) is 0 Å². The standard InChI is InChI=1S/C5H8O2.CH8OSi2/c1-4(2)5(6)7-3;1-4-2-3/h1H2,2-3H3;4H2,1,3H3. The Bertz CT molecular complexity index is 123. The fourth-order valence-electron chi connectivity index (χ4n) is 0.174. The Morgan fingerprint density at radius 1 is 1.64 bits per heavy atom. The van der Waals surface area contributed by atoms with Crippen LogP contribution in [0.2, 0.25) is 6.55 Å². The molecule has 0 fully saturated rings. The van der Waals surface area contributed by atoms with Gasteiger partial charge in [-0.05, 0) is 6.92 Å². The Balaban J connectivity index is 0. The molecule has 0 saturated carbocycles. The van der Waals surface area contributed by atoms with E-state index >= 15 is 0 Å². The van der Waals surface area contributed by atoms with Crippen molar-refractivity contribution in [3.63, 3.8) is 0 Å². The molecule has 5 heteroatoms. The van der Waals surface area contributed by atoms with E-state index in [1.807, 2.05) is 0 Å². The number of carbonyl (C=O) groups is 1. The lowest BCUT2D eigenvalue weighted by atomic mass is 10.4. The predicted octanol–water partition coefficient (Wildman–Crippen LogP) is -0.849. The number of carbonyl (C=O) groups excluding carboxylic acids is 1. The Morgan fingerprint density at radius 2 is 2.00 bits per heavy atom. The quantitative estimate of drug-likeness (QED) is 0.325. The third kappa shape index (κ3) is 12.7. The minimum Gasteiger partial charge on any atom is -0.468 e. The van der Waals surface area contributed by atoms with Gasteiger partial charge >= 0.3 is 5.97 Å². The van der Waals surface area contributed by atoms with Crippen molar-refractivity contribution < 1.29 is 13.6 Å². The van der Waals surface area contributed by atoms with Gasteiger partial charge < -0.3 is 8.85 Å². The lowest BCUT2D eigenvalue weighted by Gasteiger charge is -1.91. The molecule has 0 radical (unpaired) electrons. The van der Waals surface area contributed by atoms with Gasteiger partial charge in [0.15, 0.2) is 0 Å². The van der Waals surface area contributed by atoms with E-state index in [2.05, 4.69) is 17.9 Å². The van der Waals surface area contributed by atoms with Crippen LogP contribution in [0.25, 0.3) is 0 Å². The summed E-state index contributed by atoms with van der Waals surface area (Å²) < 4.78 is 9.09. The zero-order valence-electron chi connectivity index (χ0n) is 7.64. The Kier molecular flexibility index (Phi) is 11.5. The molecule has 0 saturated heterocycles. The van der Waals surface area contributed by atoms with Crippen molar-refractivity contribution in [3.05, 3.63) is 12.2 Å². The molecule has 11 heavy (non-hydrogen) atoms. The maximum Gasteiger partial charge on any atom is 0.332 e. The summed E-state index contributed by atoms with van der Waals surface area (Å²) in [6.07, 6.45) is 0. The van der Waals surface area contributed by atoms with E-state index < -0.39 is 0 Å². The Morgan fingerprint density at radius 3 is 2.00 bits per heavy atom. The minimum atomic E-state index is -0.347. The van der Waals surface area contributed by atoms with E-state index in [9.17, 15) is 4.79 Å². The molecular weight excluding hydrogens is 176 g/mol. The van der Waals surface area contributed by atoms with Crippen molar-refractivity contribution in [2.45, 2.75) is 13.5 Å². The molecule has 0 aromatic carbocycles. The zero-order valence-corrected chi connectivity index (χ0v) is 11.1. The Hall–Kier alpha value is -0.396. The molecule has 0 aromatic heterocycles. The first kappa shape index (κ1) is 13.2. The average molecular weight is 192 g/mol. The summed E-state index contributed by atoms with van der Waals surface area (Å²) >= 11 is 0. The summed E-state index contributed by atoms with van der Waals surface area (Å²) in [5, 5.41) is 0. The van der Waals surface area contributed by atoms with E-state index in [4.69, 9.17) is 4.12 Å². The third-order valence-corrected chi connectivity index (χ3v) is 3.13.